The second-order valence-electron chi connectivity index (χ2n) is 5.70. The van der Waals surface area contributed by atoms with Crippen molar-refractivity contribution in [3.05, 3.63) is 35.4 Å². The lowest BCUT2D eigenvalue weighted by Crippen LogP contribution is -2.38. The van der Waals surface area contributed by atoms with Gasteiger partial charge in [0.2, 0.25) is 0 Å². The van der Waals surface area contributed by atoms with Gasteiger partial charge in [0.15, 0.2) is 9.84 Å². The molecule has 0 radical (unpaired) electrons. The molecule has 0 aliphatic carbocycles. The molecular weight excluding hydrogens is 340 g/mol. The molecule has 1 saturated heterocycles. The molecule has 112 valence electrons. The third kappa shape index (κ3) is 4.06. The number of aryl methyl sites for hydroxylation is 1. The van der Waals surface area contributed by atoms with E-state index in [9.17, 15) is 8.42 Å². The Morgan fingerprint density at radius 3 is 2.50 bits per heavy atom. The van der Waals surface area contributed by atoms with Gasteiger partial charge >= 0.3 is 0 Å². The maximum absolute atomic E-state index is 12.5. The molecule has 0 aromatic heterocycles. The summed E-state index contributed by atoms with van der Waals surface area (Å²) in [4.78, 5) is 0. The van der Waals surface area contributed by atoms with Crippen LogP contribution < -0.4 is 0 Å². The van der Waals surface area contributed by atoms with E-state index in [1.807, 2.05) is 31.2 Å². The minimum absolute atomic E-state index is 0.134. The molecule has 0 unspecified atom stereocenters. The number of rotatable bonds is 5. The van der Waals surface area contributed by atoms with Crippen molar-refractivity contribution in [3.8, 4) is 0 Å². The molecule has 1 aliphatic rings. The van der Waals surface area contributed by atoms with Crippen LogP contribution in [0.25, 0.3) is 0 Å². The zero-order valence-corrected chi connectivity index (χ0v) is 14.2. The Bertz CT molecular complexity index is 548. The number of hydrogen-bond donors (Lipinski definition) is 0. The summed E-state index contributed by atoms with van der Waals surface area (Å²) in [6, 6.07) is 7.69. The van der Waals surface area contributed by atoms with Crippen LogP contribution in [0, 0.1) is 12.3 Å². The molecule has 0 amide bonds. The minimum atomic E-state index is -3.11. The smallest absolute Gasteiger partial charge is 0.155 e. The van der Waals surface area contributed by atoms with Crippen molar-refractivity contribution in [2.75, 3.05) is 24.3 Å². The Hall–Kier alpha value is -0.390. The summed E-state index contributed by atoms with van der Waals surface area (Å²) in [6.07, 6.45) is 1.62. The summed E-state index contributed by atoms with van der Waals surface area (Å²) in [7, 11) is -3.11. The summed E-state index contributed by atoms with van der Waals surface area (Å²) >= 11 is 3.50. The molecule has 20 heavy (non-hydrogen) atoms. The Kier molecular flexibility index (Phi) is 5.26. The van der Waals surface area contributed by atoms with E-state index < -0.39 is 9.84 Å². The third-order valence-electron chi connectivity index (χ3n) is 4.00. The van der Waals surface area contributed by atoms with Gasteiger partial charge in [-0.05, 0) is 36.3 Å². The summed E-state index contributed by atoms with van der Waals surface area (Å²) in [5.41, 5.74) is 1.78. The van der Waals surface area contributed by atoms with Gasteiger partial charge in [-0.15, -0.1) is 0 Å². The summed E-state index contributed by atoms with van der Waals surface area (Å²) in [5.74, 6) is 0.373. The van der Waals surface area contributed by atoms with Gasteiger partial charge in [-0.2, -0.15) is 0 Å². The van der Waals surface area contributed by atoms with E-state index in [4.69, 9.17) is 4.74 Å². The van der Waals surface area contributed by atoms with E-state index in [0.717, 1.165) is 29.3 Å². The van der Waals surface area contributed by atoms with Gasteiger partial charge in [0.05, 0.1) is 11.5 Å². The van der Waals surface area contributed by atoms with Crippen molar-refractivity contribution in [2.24, 2.45) is 5.41 Å². The van der Waals surface area contributed by atoms with Crippen LogP contribution in [0.1, 0.15) is 24.0 Å². The highest BCUT2D eigenvalue weighted by Gasteiger charge is 2.36. The highest BCUT2D eigenvalue weighted by atomic mass is 79.9. The second-order valence-corrected chi connectivity index (χ2v) is 8.33. The molecule has 0 atom stereocenters. The number of alkyl halides is 1. The van der Waals surface area contributed by atoms with Crippen molar-refractivity contribution in [2.45, 2.75) is 25.5 Å². The van der Waals surface area contributed by atoms with Crippen LogP contribution in [0.4, 0.5) is 0 Å². The van der Waals surface area contributed by atoms with Crippen LogP contribution in [0.2, 0.25) is 0 Å². The van der Waals surface area contributed by atoms with Crippen LogP contribution in [0.5, 0.6) is 0 Å². The molecule has 1 aromatic rings. The minimum Gasteiger partial charge on any atom is -0.381 e. The molecule has 1 aliphatic heterocycles. The first kappa shape index (κ1) is 16.0. The fourth-order valence-corrected chi connectivity index (χ4v) is 5.89. The zero-order valence-electron chi connectivity index (χ0n) is 11.8. The van der Waals surface area contributed by atoms with Crippen molar-refractivity contribution in [1.29, 1.82) is 0 Å². The van der Waals surface area contributed by atoms with Crippen molar-refractivity contribution in [3.63, 3.8) is 0 Å². The van der Waals surface area contributed by atoms with Crippen LogP contribution >= 0.6 is 15.9 Å². The molecule has 0 bridgehead atoms. The van der Waals surface area contributed by atoms with E-state index in [0.29, 0.717) is 13.2 Å². The van der Waals surface area contributed by atoms with E-state index in [2.05, 4.69) is 15.9 Å². The zero-order chi connectivity index (χ0) is 14.6. The van der Waals surface area contributed by atoms with Gasteiger partial charge in [0.25, 0.3) is 0 Å². The fraction of sp³-hybridized carbons (Fsp3) is 0.600. The monoisotopic (exact) mass is 360 g/mol. The molecule has 1 aromatic carbocycles. The number of sulfone groups is 1. The maximum atomic E-state index is 12.5. The molecule has 0 N–H and O–H groups in total. The fourth-order valence-electron chi connectivity index (χ4n) is 2.65. The second kappa shape index (κ2) is 6.58. The average Bonchev–Trinajstić information content (AvgIpc) is 2.42. The third-order valence-corrected chi connectivity index (χ3v) is 6.99. The Balaban J connectivity index is 2.12. The quantitative estimate of drug-likeness (QED) is 0.757. The first-order valence-corrected chi connectivity index (χ1v) is 9.79. The molecule has 1 heterocycles. The van der Waals surface area contributed by atoms with Gasteiger partial charge in [0, 0.05) is 18.5 Å². The van der Waals surface area contributed by atoms with Crippen LogP contribution in [0.3, 0.4) is 0 Å². The Labute approximate surface area is 129 Å². The largest absolute Gasteiger partial charge is 0.381 e. The molecule has 1 fully saturated rings. The van der Waals surface area contributed by atoms with Crippen LogP contribution in [-0.2, 0) is 20.3 Å². The predicted octanol–water partition coefficient (Wildman–Crippen LogP) is 3.10. The molecule has 0 spiro atoms. The van der Waals surface area contributed by atoms with Crippen molar-refractivity contribution < 1.29 is 13.2 Å². The lowest BCUT2D eigenvalue weighted by atomic mass is 9.85. The van der Waals surface area contributed by atoms with E-state index in [1.165, 1.54) is 0 Å². The van der Waals surface area contributed by atoms with Crippen molar-refractivity contribution >= 4 is 25.8 Å². The van der Waals surface area contributed by atoms with Gasteiger partial charge < -0.3 is 4.74 Å². The van der Waals surface area contributed by atoms with Crippen LogP contribution in [0.15, 0.2) is 24.3 Å². The number of halogens is 1. The highest BCUT2D eigenvalue weighted by Crippen LogP contribution is 2.35. The molecular formula is C15H21BrO3S. The van der Waals surface area contributed by atoms with Gasteiger partial charge in [-0.1, -0.05) is 40.2 Å². The van der Waals surface area contributed by atoms with Crippen LogP contribution in [-0.4, -0.2) is 32.7 Å². The molecule has 5 heteroatoms. The Morgan fingerprint density at radius 1 is 1.25 bits per heavy atom. The summed E-state index contributed by atoms with van der Waals surface area (Å²) < 4.78 is 30.4. The van der Waals surface area contributed by atoms with Gasteiger partial charge in [-0.3, -0.25) is 0 Å². The predicted molar refractivity (Wildman–Crippen MR) is 84.9 cm³/mol. The molecule has 3 nitrogen and oxygen atoms in total. The van der Waals surface area contributed by atoms with Crippen molar-refractivity contribution in [1.82, 2.24) is 0 Å². The lowest BCUT2D eigenvalue weighted by Gasteiger charge is -2.35. The normalized spacial score (nSPS) is 18.9. The van der Waals surface area contributed by atoms with E-state index in [-0.39, 0.29) is 16.9 Å². The number of ether oxygens (including phenoxy) is 1. The summed E-state index contributed by atoms with van der Waals surface area (Å²) in [5, 5.41) is 0.719. The van der Waals surface area contributed by atoms with E-state index >= 15 is 0 Å². The molecule has 0 saturated carbocycles. The molecule has 2 rings (SSSR count). The van der Waals surface area contributed by atoms with E-state index in [1.54, 1.807) is 0 Å². The lowest BCUT2D eigenvalue weighted by molar-refractivity contribution is 0.0367. The average molecular weight is 361 g/mol. The van der Waals surface area contributed by atoms with Gasteiger partial charge in [0.1, 0.15) is 0 Å². The standard InChI is InChI=1S/C15H21BrO3S/c1-13-4-2-3-5-14(13)10-20(17,18)12-15(11-16)6-8-19-9-7-15/h2-5H,6-12H2,1H3. The summed E-state index contributed by atoms with van der Waals surface area (Å²) in [6.45, 7) is 3.27. The highest BCUT2D eigenvalue weighted by molar-refractivity contribution is 9.09. The Morgan fingerprint density at radius 2 is 1.90 bits per heavy atom. The first-order valence-electron chi connectivity index (χ1n) is 6.85. The van der Waals surface area contributed by atoms with Gasteiger partial charge in [-0.25, -0.2) is 8.42 Å². The topological polar surface area (TPSA) is 43.4 Å². The number of hydrogen-bond acceptors (Lipinski definition) is 3. The maximum Gasteiger partial charge on any atom is 0.155 e. The first-order chi connectivity index (χ1) is 9.46. The SMILES string of the molecule is Cc1ccccc1CS(=O)(=O)CC1(CBr)CCOCC1. The number of benzene rings is 1.